The number of piperidine rings is 1. The van der Waals surface area contributed by atoms with E-state index in [1.165, 1.54) is 12.0 Å². The number of alkyl halides is 1. The van der Waals surface area contributed by atoms with Crippen molar-refractivity contribution in [3.63, 3.8) is 0 Å². The van der Waals surface area contributed by atoms with Crippen LogP contribution in [0.2, 0.25) is 0 Å². The highest BCUT2D eigenvalue weighted by Crippen LogP contribution is 2.31. The van der Waals surface area contributed by atoms with E-state index in [1.54, 1.807) is 18.2 Å². The molecule has 0 saturated carbocycles. The molecule has 2 N–H and O–H groups in total. The van der Waals surface area contributed by atoms with E-state index in [0.717, 1.165) is 31.6 Å². The van der Waals surface area contributed by atoms with Gasteiger partial charge in [0.25, 0.3) is 0 Å². The minimum Gasteiger partial charge on any atom is -0.486 e. The first-order valence-corrected chi connectivity index (χ1v) is 12.7. The van der Waals surface area contributed by atoms with Gasteiger partial charge in [0.1, 0.15) is 30.4 Å². The predicted molar refractivity (Wildman–Crippen MR) is 137 cm³/mol. The Hall–Kier alpha value is -3.81. The second-order valence-electron chi connectivity index (χ2n) is 9.65. The van der Waals surface area contributed by atoms with Gasteiger partial charge in [0.15, 0.2) is 5.82 Å². The van der Waals surface area contributed by atoms with Crippen molar-refractivity contribution in [2.75, 3.05) is 36.4 Å². The van der Waals surface area contributed by atoms with Crippen LogP contribution in [-0.2, 0) is 4.74 Å². The molecule has 4 heterocycles. The molecule has 190 valence electrons. The molecule has 9 nitrogen and oxygen atoms in total. The molecular weight excluding hydrogens is 473 g/mol. The summed E-state index contributed by atoms with van der Waals surface area (Å²) in [7, 11) is 0. The van der Waals surface area contributed by atoms with Gasteiger partial charge in [-0.2, -0.15) is 10.2 Å². The van der Waals surface area contributed by atoms with Gasteiger partial charge in [-0.1, -0.05) is 0 Å². The fraction of sp³-hybridized carbons (Fsp3) is 0.407. The Labute approximate surface area is 214 Å². The topological polar surface area (TPSA) is 108 Å². The zero-order chi connectivity index (χ0) is 25.2. The average molecular weight is 502 g/mol. The van der Waals surface area contributed by atoms with Crippen molar-refractivity contribution in [1.29, 1.82) is 5.26 Å². The van der Waals surface area contributed by atoms with Crippen molar-refractivity contribution in [3.05, 3.63) is 54.4 Å². The van der Waals surface area contributed by atoms with E-state index >= 15 is 0 Å². The van der Waals surface area contributed by atoms with Crippen molar-refractivity contribution < 1.29 is 13.9 Å². The third-order valence-electron chi connectivity index (χ3n) is 7.09. The number of nitriles is 1. The van der Waals surface area contributed by atoms with Gasteiger partial charge in [0, 0.05) is 36.6 Å². The van der Waals surface area contributed by atoms with E-state index in [2.05, 4.69) is 48.7 Å². The molecule has 10 heteroatoms. The first-order valence-electron chi connectivity index (χ1n) is 12.7. The lowest BCUT2D eigenvalue weighted by atomic mass is 10.1. The molecule has 2 aromatic carbocycles. The lowest BCUT2D eigenvalue weighted by Gasteiger charge is -2.33. The summed E-state index contributed by atoms with van der Waals surface area (Å²) in [5, 5.41) is 15.9. The number of ether oxygens (including phenoxy) is 2. The highest BCUT2D eigenvalue weighted by molar-refractivity contribution is 5.64. The number of nitrogens with one attached hydrogen (secondary N) is 2. The molecule has 3 aromatic rings. The molecule has 2 unspecified atom stereocenters. The van der Waals surface area contributed by atoms with Crippen LogP contribution in [0.3, 0.4) is 0 Å². The fourth-order valence-electron chi connectivity index (χ4n) is 5.16. The Balaban J connectivity index is 1.15. The molecule has 1 aromatic heterocycles. The van der Waals surface area contributed by atoms with E-state index in [0.29, 0.717) is 53.8 Å². The molecule has 37 heavy (non-hydrogen) atoms. The lowest BCUT2D eigenvalue weighted by Crippen LogP contribution is -2.44. The highest BCUT2D eigenvalue weighted by Gasteiger charge is 2.33. The van der Waals surface area contributed by atoms with Gasteiger partial charge in [-0.25, -0.2) is 14.4 Å². The average Bonchev–Trinajstić information content (AvgIpc) is 3.27. The summed E-state index contributed by atoms with van der Waals surface area (Å²) in [6.07, 6.45) is 3.26. The normalized spacial score (nSPS) is 24.9. The second-order valence-corrected chi connectivity index (χ2v) is 9.65. The first kappa shape index (κ1) is 23.6. The Kier molecular flexibility index (Phi) is 6.55. The summed E-state index contributed by atoms with van der Waals surface area (Å²) in [6.45, 7) is 2.80. The molecule has 6 rings (SSSR count). The number of halogens is 1. The van der Waals surface area contributed by atoms with Crippen molar-refractivity contribution in [2.45, 2.75) is 43.7 Å². The van der Waals surface area contributed by atoms with Gasteiger partial charge >= 0.3 is 0 Å². The summed E-state index contributed by atoms with van der Waals surface area (Å²) in [4.78, 5) is 15.4. The van der Waals surface area contributed by atoms with Crippen LogP contribution in [0.25, 0.3) is 11.4 Å². The molecule has 0 aliphatic carbocycles. The zero-order valence-corrected chi connectivity index (χ0v) is 20.3. The summed E-state index contributed by atoms with van der Waals surface area (Å²) in [6, 6.07) is 15.5. The molecule has 4 atom stereocenters. The molecule has 3 fully saturated rings. The van der Waals surface area contributed by atoms with Gasteiger partial charge in [-0.05, 0) is 68.3 Å². The maximum absolute atomic E-state index is 14.2. The maximum atomic E-state index is 14.2. The van der Waals surface area contributed by atoms with Crippen LogP contribution in [-0.4, -0.2) is 65.6 Å². The largest absolute Gasteiger partial charge is 0.486 e. The summed E-state index contributed by atoms with van der Waals surface area (Å²) >= 11 is 0. The van der Waals surface area contributed by atoms with Gasteiger partial charge in [-0.15, -0.1) is 0 Å². The molecule has 0 amide bonds. The molecule has 2 bridgehead atoms. The molecule has 0 spiro atoms. The smallest absolute Gasteiger partial charge is 0.230 e. The minimum absolute atomic E-state index is 0.252. The molecule has 0 radical (unpaired) electrons. The number of hydrogen-bond acceptors (Lipinski definition) is 9. The Bertz CT molecular complexity index is 1290. The van der Waals surface area contributed by atoms with Crippen LogP contribution >= 0.6 is 0 Å². The van der Waals surface area contributed by atoms with E-state index in [-0.39, 0.29) is 6.54 Å². The van der Waals surface area contributed by atoms with Gasteiger partial charge in [-0.3, -0.25) is 0 Å². The minimum atomic E-state index is -1.12. The Morgan fingerprint density at radius 3 is 2.65 bits per heavy atom. The third kappa shape index (κ3) is 5.19. The summed E-state index contributed by atoms with van der Waals surface area (Å²) in [5.74, 6) is 1.18. The van der Waals surface area contributed by atoms with Crippen LogP contribution in [0.4, 0.5) is 21.7 Å². The molecular formula is C27H28FN7O2. The third-order valence-corrected chi connectivity index (χ3v) is 7.09. The van der Waals surface area contributed by atoms with Crippen LogP contribution in [0, 0.1) is 11.3 Å². The number of anilines is 3. The molecule has 3 saturated heterocycles. The fourth-order valence-corrected chi connectivity index (χ4v) is 5.16. The van der Waals surface area contributed by atoms with Crippen LogP contribution in [0.15, 0.2) is 48.8 Å². The number of hydrogen-bond donors (Lipinski definition) is 2. The van der Waals surface area contributed by atoms with E-state index in [1.807, 2.05) is 12.1 Å². The van der Waals surface area contributed by atoms with Crippen molar-refractivity contribution in [3.8, 4) is 23.2 Å². The Morgan fingerprint density at radius 1 is 1.08 bits per heavy atom. The van der Waals surface area contributed by atoms with Crippen LogP contribution < -0.4 is 20.3 Å². The zero-order valence-electron chi connectivity index (χ0n) is 20.3. The van der Waals surface area contributed by atoms with E-state index in [4.69, 9.17) is 9.47 Å². The van der Waals surface area contributed by atoms with Crippen molar-refractivity contribution in [2.24, 2.45) is 0 Å². The lowest BCUT2D eigenvalue weighted by molar-refractivity contribution is 0.0305. The quantitative estimate of drug-likeness (QED) is 0.524. The number of rotatable bonds is 6. The number of nitrogens with zero attached hydrogens (tertiary/aromatic N) is 5. The van der Waals surface area contributed by atoms with Gasteiger partial charge in [0.2, 0.25) is 5.95 Å². The number of fused-ring (bicyclic) bond motifs is 2. The molecule has 3 aliphatic heterocycles. The highest BCUT2D eigenvalue weighted by atomic mass is 19.1. The van der Waals surface area contributed by atoms with E-state index in [9.17, 15) is 9.65 Å². The van der Waals surface area contributed by atoms with Crippen molar-refractivity contribution in [1.82, 2.24) is 20.3 Å². The van der Waals surface area contributed by atoms with Gasteiger partial charge < -0.3 is 25.0 Å². The number of benzene rings is 2. The van der Waals surface area contributed by atoms with Crippen LogP contribution in [0.1, 0.15) is 24.8 Å². The molecule has 3 aliphatic rings. The van der Waals surface area contributed by atoms with Gasteiger partial charge in [0.05, 0.1) is 17.8 Å². The Morgan fingerprint density at radius 2 is 1.89 bits per heavy atom. The van der Waals surface area contributed by atoms with Crippen molar-refractivity contribution >= 4 is 17.3 Å². The maximum Gasteiger partial charge on any atom is 0.230 e. The second kappa shape index (κ2) is 10.3. The summed E-state index contributed by atoms with van der Waals surface area (Å²) in [5.41, 5.74) is 3.00. The number of morpholine rings is 1. The van der Waals surface area contributed by atoms with Crippen LogP contribution in [0.5, 0.6) is 5.75 Å². The first-order chi connectivity index (χ1) is 18.1. The SMILES string of the molecule is N#Cc1cc(-c2ncnc(Nc3ccc(N4CC5CCC(C4)O5)cc3)n2)ccc1O[C@H]1CCNC[C@@H]1F. The monoisotopic (exact) mass is 501 g/mol. The van der Waals surface area contributed by atoms with E-state index < -0.39 is 12.3 Å². The predicted octanol–water partition coefficient (Wildman–Crippen LogP) is 3.60. The summed E-state index contributed by atoms with van der Waals surface area (Å²) < 4.78 is 26.0. The standard InChI is InChI=1S/C27H28FN7O2/c28-23-13-30-10-9-25(23)37-24-8-1-17(11-18(24)12-29)26-31-16-32-27(34-26)33-19-2-4-20(5-3-19)35-14-21-6-7-22(15-35)36-21/h1-5,8,11,16,21-23,25,30H,6-7,9-10,13-15H2,(H,31,32,33,34)/t21?,22?,23-,25-/m0/s1. The number of aromatic nitrogens is 3.